The number of hydrogen-bond acceptors (Lipinski definition) is 7. The number of carbonyl (C=O) groups is 1. The molecule has 4 heterocycles. The molecule has 28 heavy (non-hydrogen) atoms. The minimum absolute atomic E-state index is 0.169. The largest absolute Gasteiger partial charge is 0.336 e. The van der Waals surface area contributed by atoms with Gasteiger partial charge in [-0.3, -0.25) is 4.79 Å². The zero-order valence-electron chi connectivity index (χ0n) is 15.2. The zero-order valence-corrected chi connectivity index (χ0v) is 18.4. The summed E-state index contributed by atoms with van der Waals surface area (Å²) in [7, 11) is -3.55. The SMILES string of the molecule is Cc1cc(C(=O)N2CCN(S(=O)(=O)c3ccc(Br)s3)CC2)c2c(C)noc2n1. The Morgan fingerprint density at radius 1 is 1.21 bits per heavy atom. The number of rotatable bonds is 3. The number of sulfonamides is 1. The topological polar surface area (TPSA) is 96.6 Å². The minimum atomic E-state index is -3.55. The Morgan fingerprint density at radius 2 is 1.93 bits per heavy atom. The summed E-state index contributed by atoms with van der Waals surface area (Å²) in [6, 6.07) is 5.03. The van der Waals surface area contributed by atoms with Gasteiger partial charge in [-0.25, -0.2) is 13.4 Å². The number of piperazine rings is 1. The molecule has 0 aliphatic carbocycles. The molecule has 0 spiro atoms. The summed E-state index contributed by atoms with van der Waals surface area (Å²) < 4.78 is 33.2. The third kappa shape index (κ3) is 3.36. The Bertz CT molecular complexity index is 1160. The van der Waals surface area contributed by atoms with Crippen LogP contribution in [0.4, 0.5) is 0 Å². The van der Waals surface area contributed by atoms with Crippen molar-refractivity contribution in [3.8, 4) is 0 Å². The minimum Gasteiger partial charge on any atom is -0.336 e. The number of halogens is 1. The lowest BCUT2D eigenvalue weighted by Crippen LogP contribution is -2.50. The van der Waals surface area contributed by atoms with Crippen LogP contribution in [0.2, 0.25) is 0 Å². The van der Waals surface area contributed by atoms with Gasteiger partial charge in [0.25, 0.3) is 21.6 Å². The van der Waals surface area contributed by atoms with Gasteiger partial charge in [0.2, 0.25) is 0 Å². The van der Waals surface area contributed by atoms with E-state index in [1.165, 1.54) is 15.6 Å². The van der Waals surface area contributed by atoms with Crippen molar-refractivity contribution in [2.24, 2.45) is 0 Å². The summed E-state index contributed by atoms with van der Waals surface area (Å²) in [6.07, 6.45) is 0. The van der Waals surface area contributed by atoms with Crippen molar-refractivity contribution in [1.29, 1.82) is 0 Å². The van der Waals surface area contributed by atoms with Gasteiger partial charge in [0.15, 0.2) is 0 Å². The van der Waals surface area contributed by atoms with E-state index < -0.39 is 10.0 Å². The van der Waals surface area contributed by atoms with Crippen LogP contribution < -0.4 is 0 Å². The fourth-order valence-corrected chi connectivity index (χ4v) is 6.84. The van der Waals surface area contributed by atoms with Crippen LogP contribution in [0.3, 0.4) is 0 Å². The fourth-order valence-electron chi connectivity index (χ4n) is 3.25. The van der Waals surface area contributed by atoms with E-state index in [-0.39, 0.29) is 19.0 Å². The van der Waals surface area contributed by atoms with Gasteiger partial charge in [-0.15, -0.1) is 11.3 Å². The maximum atomic E-state index is 13.1. The van der Waals surface area contributed by atoms with Crippen LogP contribution in [0.15, 0.2) is 30.7 Å². The molecule has 0 N–H and O–H groups in total. The van der Waals surface area contributed by atoms with E-state index in [0.29, 0.717) is 45.3 Å². The molecule has 3 aromatic heterocycles. The van der Waals surface area contributed by atoms with Gasteiger partial charge in [0.1, 0.15) is 4.21 Å². The van der Waals surface area contributed by atoms with Crippen molar-refractivity contribution in [2.75, 3.05) is 26.2 Å². The van der Waals surface area contributed by atoms with Crippen LogP contribution in [-0.2, 0) is 10.0 Å². The lowest BCUT2D eigenvalue weighted by atomic mass is 10.1. The number of amides is 1. The molecule has 1 saturated heterocycles. The first kappa shape index (κ1) is 19.5. The maximum absolute atomic E-state index is 13.1. The second-order valence-electron chi connectivity index (χ2n) is 6.51. The van der Waals surface area contributed by atoms with E-state index in [4.69, 9.17) is 4.52 Å². The highest BCUT2D eigenvalue weighted by Crippen LogP contribution is 2.29. The summed E-state index contributed by atoms with van der Waals surface area (Å²) in [5.41, 5.74) is 2.09. The molecule has 1 fully saturated rings. The first-order valence-corrected chi connectivity index (χ1v) is 11.6. The first-order chi connectivity index (χ1) is 13.3. The van der Waals surface area contributed by atoms with Crippen LogP contribution in [-0.4, -0.2) is 59.8 Å². The number of hydrogen-bond donors (Lipinski definition) is 0. The molecule has 148 valence electrons. The quantitative estimate of drug-likeness (QED) is 0.566. The van der Waals surface area contributed by atoms with Crippen LogP contribution >= 0.6 is 27.3 Å². The average Bonchev–Trinajstić information content (AvgIpc) is 3.27. The molecule has 3 aromatic rings. The molecule has 8 nitrogen and oxygen atoms in total. The molecule has 0 bridgehead atoms. The molecule has 0 aromatic carbocycles. The molecule has 1 aliphatic heterocycles. The Kier molecular flexibility index (Phi) is 5.02. The first-order valence-electron chi connectivity index (χ1n) is 8.56. The Hall–Kier alpha value is -1.82. The van der Waals surface area contributed by atoms with Gasteiger partial charge in [-0.2, -0.15) is 4.31 Å². The van der Waals surface area contributed by atoms with Gasteiger partial charge in [0, 0.05) is 31.9 Å². The molecular weight excluding hydrogens is 468 g/mol. The predicted molar refractivity (Wildman–Crippen MR) is 108 cm³/mol. The zero-order chi connectivity index (χ0) is 20.1. The Balaban J connectivity index is 1.55. The molecule has 0 unspecified atom stereocenters. The van der Waals surface area contributed by atoms with Gasteiger partial charge < -0.3 is 9.42 Å². The second kappa shape index (κ2) is 7.21. The maximum Gasteiger partial charge on any atom is 0.258 e. The lowest BCUT2D eigenvalue weighted by Gasteiger charge is -2.33. The molecule has 0 atom stereocenters. The van der Waals surface area contributed by atoms with Crippen molar-refractivity contribution in [2.45, 2.75) is 18.1 Å². The number of nitrogens with zero attached hydrogens (tertiary/aromatic N) is 4. The fraction of sp³-hybridized carbons (Fsp3) is 0.353. The smallest absolute Gasteiger partial charge is 0.258 e. The molecule has 0 radical (unpaired) electrons. The van der Waals surface area contributed by atoms with E-state index >= 15 is 0 Å². The average molecular weight is 485 g/mol. The van der Waals surface area contributed by atoms with E-state index in [1.54, 1.807) is 36.9 Å². The summed E-state index contributed by atoms with van der Waals surface area (Å²) in [6.45, 7) is 4.69. The third-order valence-corrected chi connectivity index (χ3v) is 8.63. The van der Waals surface area contributed by atoms with Crippen LogP contribution in [0.5, 0.6) is 0 Å². The lowest BCUT2D eigenvalue weighted by molar-refractivity contribution is 0.0699. The number of aromatic nitrogens is 2. The van der Waals surface area contributed by atoms with Crippen molar-refractivity contribution in [1.82, 2.24) is 19.3 Å². The van der Waals surface area contributed by atoms with Crippen molar-refractivity contribution in [3.05, 3.63) is 38.9 Å². The van der Waals surface area contributed by atoms with E-state index in [1.807, 2.05) is 0 Å². The number of pyridine rings is 1. The Labute approximate surface area is 174 Å². The van der Waals surface area contributed by atoms with Crippen molar-refractivity contribution < 1.29 is 17.7 Å². The number of fused-ring (bicyclic) bond motifs is 1. The van der Waals surface area contributed by atoms with E-state index in [2.05, 4.69) is 26.1 Å². The highest BCUT2D eigenvalue weighted by Gasteiger charge is 2.32. The number of carbonyl (C=O) groups excluding carboxylic acids is 1. The monoisotopic (exact) mass is 484 g/mol. The van der Waals surface area contributed by atoms with Crippen LogP contribution in [0.25, 0.3) is 11.1 Å². The van der Waals surface area contributed by atoms with Gasteiger partial charge >= 0.3 is 0 Å². The highest BCUT2D eigenvalue weighted by atomic mass is 79.9. The summed E-state index contributed by atoms with van der Waals surface area (Å²) in [4.78, 5) is 19.0. The normalized spacial score (nSPS) is 16.0. The molecule has 4 rings (SSSR count). The van der Waals surface area contributed by atoms with Gasteiger partial charge in [-0.1, -0.05) is 5.16 Å². The molecule has 0 saturated carbocycles. The summed E-state index contributed by atoms with van der Waals surface area (Å²) in [5, 5.41) is 4.51. The van der Waals surface area contributed by atoms with Crippen LogP contribution in [0, 0.1) is 13.8 Å². The number of thiophene rings is 1. The van der Waals surface area contributed by atoms with E-state index in [0.717, 1.165) is 3.79 Å². The molecule has 1 amide bonds. The molecular formula is C17H17BrN4O4S2. The third-order valence-electron chi connectivity index (χ3n) is 4.64. The Morgan fingerprint density at radius 3 is 2.57 bits per heavy atom. The van der Waals surface area contributed by atoms with E-state index in [9.17, 15) is 13.2 Å². The van der Waals surface area contributed by atoms with Gasteiger partial charge in [0.05, 0.1) is 20.4 Å². The molecule has 1 aliphatic rings. The van der Waals surface area contributed by atoms with Crippen molar-refractivity contribution in [3.63, 3.8) is 0 Å². The summed E-state index contributed by atoms with van der Waals surface area (Å²) >= 11 is 4.48. The van der Waals surface area contributed by atoms with Gasteiger partial charge in [-0.05, 0) is 48.0 Å². The standard InChI is InChI=1S/C17H17BrN4O4S2/c1-10-9-12(15-11(2)20-26-16(15)19-10)17(23)21-5-7-22(8-6-21)28(24,25)14-4-3-13(18)27-14/h3-4,9H,5-8H2,1-2H3. The predicted octanol–water partition coefficient (Wildman–Crippen LogP) is 2.81. The van der Waals surface area contributed by atoms with Crippen molar-refractivity contribution >= 4 is 54.3 Å². The summed E-state index contributed by atoms with van der Waals surface area (Å²) in [5.74, 6) is -0.169. The number of aryl methyl sites for hydroxylation is 2. The highest BCUT2D eigenvalue weighted by molar-refractivity contribution is 9.11. The second-order valence-corrected chi connectivity index (χ2v) is 11.1. The van der Waals surface area contributed by atoms with Crippen LogP contribution in [0.1, 0.15) is 21.7 Å². The molecule has 11 heteroatoms.